The van der Waals surface area contributed by atoms with E-state index in [0.29, 0.717) is 31.0 Å². The van der Waals surface area contributed by atoms with Crippen molar-refractivity contribution in [2.75, 3.05) is 0 Å². The number of amides is 1. The Balaban J connectivity index is 1.28. The zero-order valence-corrected chi connectivity index (χ0v) is 15.4. The molecule has 0 aromatic carbocycles. The van der Waals surface area contributed by atoms with E-state index in [2.05, 4.69) is 20.2 Å². The van der Waals surface area contributed by atoms with Crippen LogP contribution in [0, 0.1) is 0 Å². The average molecular weight is 389 g/mol. The number of alkyl halides is 3. The van der Waals surface area contributed by atoms with E-state index in [0.717, 1.165) is 0 Å². The molecule has 10 heteroatoms. The lowest BCUT2D eigenvalue weighted by atomic mass is 9.39. The van der Waals surface area contributed by atoms with E-state index >= 15 is 0 Å². The van der Waals surface area contributed by atoms with E-state index in [1.807, 2.05) is 0 Å². The number of hydrogen-bond acceptors (Lipinski definition) is 6. The van der Waals surface area contributed by atoms with E-state index in [1.54, 1.807) is 20.8 Å². The van der Waals surface area contributed by atoms with Gasteiger partial charge in [0.1, 0.15) is 5.60 Å². The maximum absolute atomic E-state index is 12.2. The van der Waals surface area contributed by atoms with Crippen LogP contribution in [0.15, 0.2) is 4.52 Å². The van der Waals surface area contributed by atoms with Gasteiger partial charge >= 0.3 is 12.5 Å². The number of aromatic nitrogens is 2. The molecule has 1 aromatic heterocycles. The molecule has 5 rings (SSSR count). The molecule has 1 N–H and O–H groups in total. The summed E-state index contributed by atoms with van der Waals surface area (Å²) in [5.74, 6) is 0.771. The summed E-state index contributed by atoms with van der Waals surface area (Å²) in [6, 6.07) is 0. The quantitative estimate of drug-likeness (QED) is 0.848. The Bertz CT molecular complexity index is 730. The molecular weight excluding hydrogens is 367 g/mol. The first-order valence-corrected chi connectivity index (χ1v) is 8.97. The molecule has 150 valence electrons. The smallest absolute Gasteiger partial charge is 0.444 e. The number of alkyl carbamates (subject to hydrolysis) is 1. The third kappa shape index (κ3) is 3.51. The van der Waals surface area contributed by atoms with Crippen LogP contribution in [0.3, 0.4) is 0 Å². The lowest BCUT2D eigenvalue weighted by Crippen LogP contribution is -2.77. The minimum atomic E-state index is -4.61. The monoisotopic (exact) mass is 389 g/mol. The van der Waals surface area contributed by atoms with Crippen molar-refractivity contribution < 1.29 is 32.0 Å². The van der Waals surface area contributed by atoms with Crippen LogP contribution in [-0.4, -0.2) is 39.8 Å². The highest BCUT2D eigenvalue weighted by Crippen LogP contribution is 2.67. The zero-order chi connectivity index (χ0) is 19.7. The minimum absolute atomic E-state index is 0.170. The van der Waals surface area contributed by atoms with Crippen molar-refractivity contribution in [1.82, 2.24) is 15.5 Å². The highest BCUT2D eigenvalue weighted by Gasteiger charge is 2.72. The van der Waals surface area contributed by atoms with E-state index in [-0.39, 0.29) is 29.7 Å². The number of hydrogen-bond donors (Lipinski definition) is 1. The SMILES string of the molecule is CC(C)(C)OC(=O)NC12CC(c3nc([C@H]4C[C@@H](OC(F)(F)F)C4)no3)(C1)C2. The van der Waals surface area contributed by atoms with Gasteiger partial charge in [-0.1, -0.05) is 5.16 Å². The number of ether oxygens (including phenoxy) is 2. The van der Waals surface area contributed by atoms with Crippen LogP contribution < -0.4 is 5.32 Å². The third-order valence-corrected chi connectivity index (χ3v) is 5.45. The number of nitrogens with zero attached hydrogens (tertiary/aromatic N) is 2. The van der Waals surface area contributed by atoms with Crippen LogP contribution in [0.1, 0.15) is 70.5 Å². The average Bonchev–Trinajstić information content (AvgIpc) is 2.81. The second kappa shape index (κ2) is 5.59. The standard InChI is InChI=1S/C17H22F3N3O4/c1-14(2,3)26-13(24)22-16-6-15(7-16,8-16)12-21-11(23-27-12)9-4-10(5-9)25-17(18,19)20/h9-10H,4-8H2,1-3H3,(H,22,24)/t9-,10+,15?,16?. The van der Waals surface area contributed by atoms with Crippen molar-refractivity contribution in [2.24, 2.45) is 0 Å². The Labute approximate surface area is 154 Å². The third-order valence-electron chi connectivity index (χ3n) is 5.45. The molecule has 1 amide bonds. The van der Waals surface area contributed by atoms with Crippen molar-refractivity contribution in [1.29, 1.82) is 0 Å². The summed E-state index contributed by atoms with van der Waals surface area (Å²) >= 11 is 0. The van der Waals surface area contributed by atoms with E-state index in [1.165, 1.54) is 0 Å². The predicted molar refractivity (Wildman–Crippen MR) is 84.8 cm³/mol. The summed E-state index contributed by atoms with van der Waals surface area (Å²) in [5, 5.41) is 6.85. The molecular formula is C17H22F3N3O4. The molecule has 0 unspecified atom stereocenters. The topological polar surface area (TPSA) is 86.5 Å². The summed E-state index contributed by atoms with van der Waals surface area (Å²) in [5.41, 5.74) is -1.06. The predicted octanol–water partition coefficient (Wildman–Crippen LogP) is 3.55. The molecule has 7 nitrogen and oxygen atoms in total. The van der Waals surface area contributed by atoms with Crippen molar-refractivity contribution in [2.45, 2.75) is 87.8 Å². The van der Waals surface area contributed by atoms with Crippen LogP contribution >= 0.6 is 0 Å². The highest BCUT2D eigenvalue weighted by atomic mass is 19.4. The first kappa shape index (κ1) is 18.5. The minimum Gasteiger partial charge on any atom is -0.444 e. The zero-order valence-electron chi connectivity index (χ0n) is 15.4. The van der Waals surface area contributed by atoms with Crippen LogP contribution in [0.2, 0.25) is 0 Å². The lowest BCUT2D eigenvalue weighted by molar-refractivity contribution is -0.352. The second-order valence-corrected chi connectivity index (χ2v) is 9.03. The van der Waals surface area contributed by atoms with E-state index in [4.69, 9.17) is 9.26 Å². The molecule has 0 radical (unpaired) electrons. The first-order chi connectivity index (χ1) is 12.4. The van der Waals surface area contributed by atoms with Gasteiger partial charge in [-0.15, -0.1) is 13.2 Å². The number of rotatable bonds is 4. The van der Waals surface area contributed by atoms with E-state index in [9.17, 15) is 18.0 Å². The van der Waals surface area contributed by atoms with Crippen molar-refractivity contribution >= 4 is 6.09 Å². The Kier molecular flexibility index (Phi) is 3.83. The van der Waals surface area contributed by atoms with E-state index < -0.39 is 24.2 Å². The summed E-state index contributed by atoms with van der Waals surface area (Å²) in [7, 11) is 0. The lowest BCUT2D eigenvalue weighted by Gasteiger charge is -2.68. The van der Waals surface area contributed by atoms with Gasteiger partial charge in [-0.05, 0) is 52.9 Å². The van der Waals surface area contributed by atoms with Gasteiger partial charge in [-0.3, -0.25) is 4.74 Å². The van der Waals surface area contributed by atoms with Crippen molar-refractivity contribution in [3.05, 3.63) is 11.7 Å². The maximum Gasteiger partial charge on any atom is 0.522 e. The summed E-state index contributed by atoms with van der Waals surface area (Å²) in [6.45, 7) is 5.42. The van der Waals surface area contributed by atoms with Gasteiger partial charge in [0.2, 0.25) is 5.89 Å². The van der Waals surface area contributed by atoms with Crippen LogP contribution in [0.25, 0.3) is 0 Å². The molecule has 1 aromatic rings. The largest absolute Gasteiger partial charge is 0.522 e. The molecule has 1 heterocycles. The fraction of sp³-hybridized carbons (Fsp3) is 0.824. The normalized spacial score (nSPS) is 34.9. The molecule has 27 heavy (non-hydrogen) atoms. The number of nitrogens with one attached hydrogen (secondary N) is 1. The first-order valence-electron chi connectivity index (χ1n) is 8.97. The van der Waals surface area contributed by atoms with Crippen LogP contribution in [0.4, 0.5) is 18.0 Å². The Hall–Kier alpha value is -1.84. The molecule has 2 bridgehead atoms. The maximum atomic E-state index is 12.2. The van der Waals surface area contributed by atoms with Gasteiger partial charge in [-0.25, -0.2) is 4.79 Å². The Morgan fingerprint density at radius 2 is 1.85 bits per heavy atom. The summed E-state index contributed by atoms with van der Waals surface area (Å²) in [4.78, 5) is 16.3. The fourth-order valence-electron chi connectivity index (χ4n) is 4.35. The summed E-state index contributed by atoms with van der Waals surface area (Å²) in [6.07, 6.45) is -3.33. The van der Waals surface area contributed by atoms with Crippen LogP contribution in [0.5, 0.6) is 0 Å². The van der Waals surface area contributed by atoms with Crippen LogP contribution in [-0.2, 0) is 14.9 Å². The molecule has 4 aliphatic rings. The van der Waals surface area contributed by atoms with Crippen molar-refractivity contribution in [3.8, 4) is 0 Å². The molecule has 0 saturated heterocycles. The van der Waals surface area contributed by atoms with Gasteiger partial charge in [0, 0.05) is 11.5 Å². The van der Waals surface area contributed by atoms with Crippen molar-refractivity contribution in [3.63, 3.8) is 0 Å². The Morgan fingerprint density at radius 3 is 2.41 bits per heavy atom. The Morgan fingerprint density at radius 1 is 1.22 bits per heavy atom. The van der Waals surface area contributed by atoms with Gasteiger partial charge in [0.15, 0.2) is 5.82 Å². The fourth-order valence-corrected chi connectivity index (χ4v) is 4.35. The molecule has 4 fully saturated rings. The van der Waals surface area contributed by atoms with Gasteiger partial charge in [0.05, 0.1) is 11.5 Å². The molecule has 0 aliphatic heterocycles. The number of halogens is 3. The molecule has 0 atom stereocenters. The molecule has 4 aliphatic carbocycles. The highest BCUT2D eigenvalue weighted by molar-refractivity contribution is 5.70. The van der Waals surface area contributed by atoms with Gasteiger partial charge in [-0.2, -0.15) is 4.98 Å². The van der Waals surface area contributed by atoms with Gasteiger partial charge < -0.3 is 14.6 Å². The molecule has 4 saturated carbocycles. The number of carbonyl (C=O) groups is 1. The number of carbonyl (C=O) groups excluding carboxylic acids is 1. The second-order valence-electron chi connectivity index (χ2n) is 9.03. The van der Waals surface area contributed by atoms with Gasteiger partial charge in [0.25, 0.3) is 0 Å². The summed E-state index contributed by atoms with van der Waals surface area (Å²) < 4.78 is 51.2. The molecule has 0 spiro atoms.